The van der Waals surface area contributed by atoms with E-state index in [1.165, 1.54) is 0 Å². The van der Waals surface area contributed by atoms with E-state index in [9.17, 15) is 19.5 Å². The van der Waals surface area contributed by atoms with Gasteiger partial charge in [-0.1, -0.05) is 13.0 Å². The van der Waals surface area contributed by atoms with Crippen molar-refractivity contribution in [1.82, 2.24) is 10.2 Å². The molecule has 0 aromatic heterocycles. The highest BCUT2D eigenvalue weighted by Gasteiger charge is 2.37. The van der Waals surface area contributed by atoms with Crippen LogP contribution in [0.1, 0.15) is 30.1 Å². The topological polar surface area (TPSA) is 98.7 Å². The highest BCUT2D eigenvalue weighted by atomic mass is 16.4. The van der Waals surface area contributed by atoms with E-state index in [0.717, 1.165) is 12.8 Å². The molecule has 3 amide bonds. The number of carboxylic acids is 1. The molecule has 7 nitrogen and oxygen atoms in total. The van der Waals surface area contributed by atoms with Crippen LogP contribution in [0.5, 0.6) is 0 Å². The Hall–Kier alpha value is -2.57. The van der Waals surface area contributed by atoms with E-state index < -0.39 is 11.9 Å². The van der Waals surface area contributed by atoms with Gasteiger partial charge in [-0.25, -0.2) is 4.79 Å². The molecule has 1 saturated carbocycles. The largest absolute Gasteiger partial charge is 0.481 e. The van der Waals surface area contributed by atoms with Crippen molar-refractivity contribution in [3.63, 3.8) is 0 Å². The number of urea groups is 1. The van der Waals surface area contributed by atoms with Crippen LogP contribution in [0.4, 0.5) is 10.5 Å². The summed E-state index contributed by atoms with van der Waals surface area (Å²) in [6.07, 6.45) is 2.01. The first kappa shape index (κ1) is 16.3. The summed E-state index contributed by atoms with van der Waals surface area (Å²) in [4.78, 5) is 37.1. The van der Waals surface area contributed by atoms with E-state index in [2.05, 4.69) is 10.6 Å². The van der Waals surface area contributed by atoms with Crippen molar-refractivity contribution in [3.05, 3.63) is 29.8 Å². The third-order valence-corrected chi connectivity index (χ3v) is 4.50. The molecule has 2 atom stereocenters. The summed E-state index contributed by atoms with van der Waals surface area (Å²) >= 11 is 0. The van der Waals surface area contributed by atoms with E-state index >= 15 is 0 Å². The lowest BCUT2D eigenvalue weighted by atomic mass is 9.99. The second-order valence-electron chi connectivity index (χ2n) is 6.59. The van der Waals surface area contributed by atoms with Gasteiger partial charge in [-0.2, -0.15) is 0 Å². The number of anilines is 1. The van der Waals surface area contributed by atoms with Crippen LogP contribution < -0.4 is 10.6 Å². The maximum atomic E-state index is 12.6. The number of likely N-dealkylation sites (tertiary alicyclic amines) is 1. The van der Waals surface area contributed by atoms with Crippen LogP contribution in [0.15, 0.2) is 24.3 Å². The van der Waals surface area contributed by atoms with Gasteiger partial charge in [0.2, 0.25) is 0 Å². The molecule has 7 heteroatoms. The van der Waals surface area contributed by atoms with Gasteiger partial charge in [0, 0.05) is 30.4 Å². The third-order valence-electron chi connectivity index (χ3n) is 4.50. The first-order valence-corrected chi connectivity index (χ1v) is 8.13. The number of benzene rings is 1. The molecular formula is C17H21N3O4. The number of carboxylic acid groups (broad SMARTS) is 1. The summed E-state index contributed by atoms with van der Waals surface area (Å²) in [5, 5.41) is 14.7. The Bertz CT molecular complexity index is 672. The van der Waals surface area contributed by atoms with Crippen LogP contribution >= 0.6 is 0 Å². The van der Waals surface area contributed by atoms with E-state index in [-0.39, 0.29) is 30.4 Å². The predicted molar refractivity (Wildman–Crippen MR) is 87.8 cm³/mol. The number of hydrogen-bond acceptors (Lipinski definition) is 3. The Kier molecular flexibility index (Phi) is 4.42. The summed E-state index contributed by atoms with van der Waals surface area (Å²) in [5.74, 6) is -1.68. The second-order valence-corrected chi connectivity index (χ2v) is 6.59. The molecule has 0 unspecified atom stereocenters. The summed E-state index contributed by atoms with van der Waals surface area (Å²) in [6.45, 7) is 2.48. The molecule has 1 aromatic rings. The molecule has 1 aliphatic carbocycles. The van der Waals surface area contributed by atoms with Crippen LogP contribution in [0.2, 0.25) is 0 Å². The SMILES string of the molecule is C[C@@H]1CN(C(=O)c2cccc(NC(=O)NC3CC3)c2)C[C@H]1C(=O)O. The van der Waals surface area contributed by atoms with Gasteiger partial charge in [0.15, 0.2) is 0 Å². The molecule has 0 radical (unpaired) electrons. The molecular weight excluding hydrogens is 310 g/mol. The van der Waals surface area contributed by atoms with Gasteiger partial charge in [0.05, 0.1) is 5.92 Å². The van der Waals surface area contributed by atoms with Crippen LogP contribution in [0.3, 0.4) is 0 Å². The van der Waals surface area contributed by atoms with E-state index in [0.29, 0.717) is 17.8 Å². The second kappa shape index (κ2) is 6.51. The zero-order valence-corrected chi connectivity index (χ0v) is 13.5. The van der Waals surface area contributed by atoms with E-state index in [4.69, 9.17) is 0 Å². The molecule has 1 heterocycles. The average molecular weight is 331 g/mol. The number of nitrogens with one attached hydrogen (secondary N) is 2. The zero-order valence-electron chi connectivity index (χ0n) is 13.5. The lowest BCUT2D eigenvalue weighted by molar-refractivity contribution is -0.142. The van der Waals surface area contributed by atoms with Gasteiger partial charge in [-0.15, -0.1) is 0 Å². The lowest BCUT2D eigenvalue weighted by Gasteiger charge is -2.16. The lowest BCUT2D eigenvalue weighted by Crippen LogP contribution is -2.31. The highest BCUT2D eigenvalue weighted by molar-refractivity contribution is 5.97. The summed E-state index contributed by atoms with van der Waals surface area (Å²) in [6, 6.07) is 6.69. The predicted octanol–water partition coefficient (Wildman–Crippen LogP) is 1.76. The van der Waals surface area contributed by atoms with E-state index in [1.807, 2.05) is 6.92 Å². The fourth-order valence-electron chi connectivity index (χ4n) is 2.95. The van der Waals surface area contributed by atoms with Gasteiger partial charge < -0.3 is 20.6 Å². The fraction of sp³-hybridized carbons (Fsp3) is 0.471. The summed E-state index contributed by atoms with van der Waals surface area (Å²) in [7, 11) is 0. The number of carbonyl (C=O) groups is 3. The van der Waals surface area contributed by atoms with Crippen molar-refractivity contribution in [2.24, 2.45) is 11.8 Å². The molecule has 3 rings (SSSR count). The normalized spacial score (nSPS) is 23.0. The third kappa shape index (κ3) is 3.67. The Balaban J connectivity index is 1.65. The molecule has 1 saturated heterocycles. The monoisotopic (exact) mass is 331 g/mol. The van der Waals surface area contributed by atoms with Gasteiger partial charge in [0.1, 0.15) is 0 Å². The van der Waals surface area contributed by atoms with Gasteiger partial charge >= 0.3 is 12.0 Å². The van der Waals surface area contributed by atoms with E-state index in [1.54, 1.807) is 29.2 Å². The van der Waals surface area contributed by atoms with Crippen molar-refractivity contribution < 1.29 is 19.5 Å². The van der Waals surface area contributed by atoms with Crippen LogP contribution in [0.25, 0.3) is 0 Å². The zero-order chi connectivity index (χ0) is 17.3. The van der Waals surface area contributed by atoms with Crippen molar-refractivity contribution in [1.29, 1.82) is 0 Å². The van der Waals surface area contributed by atoms with Gasteiger partial charge in [-0.05, 0) is 37.0 Å². The molecule has 2 aliphatic rings. The quantitative estimate of drug-likeness (QED) is 0.783. The molecule has 2 fully saturated rings. The molecule has 3 N–H and O–H groups in total. The maximum absolute atomic E-state index is 12.6. The number of nitrogens with zero attached hydrogens (tertiary/aromatic N) is 1. The smallest absolute Gasteiger partial charge is 0.319 e. The Labute approximate surface area is 140 Å². The van der Waals surface area contributed by atoms with Crippen molar-refractivity contribution >= 4 is 23.6 Å². The minimum Gasteiger partial charge on any atom is -0.481 e. The molecule has 0 bridgehead atoms. The standard InChI is InChI=1S/C17H21N3O4/c1-10-8-20(9-14(10)16(22)23)15(21)11-3-2-4-13(7-11)19-17(24)18-12-5-6-12/h2-4,7,10,12,14H,5-6,8-9H2,1H3,(H,22,23)(H2,18,19,24)/t10-,14-/m1/s1. The number of hydrogen-bond donors (Lipinski definition) is 3. The minimum absolute atomic E-state index is 0.0722. The Morgan fingerprint density at radius 3 is 2.58 bits per heavy atom. The molecule has 24 heavy (non-hydrogen) atoms. The van der Waals surface area contributed by atoms with Crippen LogP contribution in [-0.4, -0.2) is 47.0 Å². The van der Waals surface area contributed by atoms with Crippen molar-refractivity contribution in [3.8, 4) is 0 Å². The number of rotatable bonds is 4. The molecule has 0 spiro atoms. The fourth-order valence-corrected chi connectivity index (χ4v) is 2.95. The first-order chi connectivity index (χ1) is 11.4. The minimum atomic E-state index is -0.870. The molecule has 1 aliphatic heterocycles. The number of carbonyl (C=O) groups excluding carboxylic acids is 2. The summed E-state index contributed by atoms with van der Waals surface area (Å²) in [5.41, 5.74) is 0.985. The first-order valence-electron chi connectivity index (χ1n) is 8.13. The maximum Gasteiger partial charge on any atom is 0.319 e. The van der Waals surface area contributed by atoms with Gasteiger partial charge in [-0.3, -0.25) is 9.59 Å². The highest BCUT2D eigenvalue weighted by Crippen LogP contribution is 2.25. The van der Waals surface area contributed by atoms with Crippen molar-refractivity contribution in [2.75, 3.05) is 18.4 Å². The number of aliphatic carboxylic acids is 1. The molecule has 128 valence electrons. The Morgan fingerprint density at radius 1 is 1.21 bits per heavy atom. The molecule has 1 aromatic carbocycles. The Morgan fingerprint density at radius 2 is 1.96 bits per heavy atom. The summed E-state index contributed by atoms with van der Waals surface area (Å²) < 4.78 is 0. The van der Waals surface area contributed by atoms with Crippen molar-refractivity contribution in [2.45, 2.75) is 25.8 Å². The average Bonchev–Trinajstić information content (AvgIpc) is 3.25. The van der Waals surface area contributed by atoms with Crippen LogP contribution in [0, 0.1) is 11.8 Å². The van der Waals surface area contributed by atoms with Crippen LogP contribution in [-0.2, 0) is 4.79 Å². The van der Waals surface area contributed by atoms with Gasteiger partial charge in [0.25, 0.3) is 5.91 Å². The number of amides is 3.